The number of furan rings is 1. The molecule has 1 aromatic heterocycles. The van der Waals surface area contributed by atoms with E-state index in [1.807, 2.05) is 13.8 Å². The lowest BCUT2D eigenvalue weighted by Gasteiger charge is -2.10. The van der Waals surface area contributed by atoms with E-state index in [1.165, 1.54) is 63.4 Å². The number of aryl methyl sites for hydroxylation is 2. The molecule has 0 spiro atoms. The normalized spacial score (nSPS) is 12.8. The molecule has 0 fully saturated rings. The molecule has 0 aromatic carbocycles. The summed E-state index contributed by atoms with van der Waals surface area (Å²) in [6.07, 6.45) is 13.4. The van der Waals surface area contributed by atoms with Gasteiger partial charge in [-0.05, 0) is 26.3 Å². The molecule has 0 bridgehead atoms. The van der Waals surface area contributed by atoms with Crippen LogP contribution in [0.1, 0.15) is 94.3 Å². The van der Waals surface area contributed by atoms with Gasteiger partial charge in [0.05, 0.1) is 0 Å². The molecule has 0 aliphatic carbocycles. The van der Waals surface area contributed by atoms with Gasteiger partial charge in [0.25, 0.3) is 0 Å². The molecule has 1 atom stereocenters. The van der Waals surface area contributed by atoms with Crippen LogP contribution in [0.25, 0.3) is 0 Å². The van der Waals surface area contributed by atoms with Crippen molar-refractivity contribution < 1.29 is 4.42 Å². The molecule has 1 aromatic rings. The molecule has 0 saturated heterocycles. The van der Waals surface area contributed by atoms with Crippen molar-refractivity contribution in [3.05, 3.63) is 23.2 Å². The van der Waals surface area contributed by atoms with Crippen LogP contribution in [0.3, 0.4) is 0 Å². The fourth-order valence-electron chi connectivity index (χ4n) is 2.85. The summed E-state index contributed by atoms with van der Waals surface area (Å²) < 4.78 is 5.55. The summed E-state index contributed by atoms with van der Waals surface area (Å²) in [5, 5.41) is 0. The smallest absolute Gasteiger partial charge is 0.105 e. The quantitative estimate of drug-likeness (QED) is 0.518. The van der Waals surface area contributed by atoms with E-state index >= 15 is 0 Å². The van der Waals surface area contributed by atoms with Crippen LogP contribution >= 0.6 is 0 Å². The van der Waals surface area contributed by atoms with E-state index < -0.39 is 0 Å². The summed E-state index contributed by atoms with van der Waals surface area (Å²) in [7, 11) is 0. The van der Waals surface area contributed by atoms with Gasteiger partial charge in [0.2, 0.25) is 0 Å². The summed E-state index contributed by atoms with van der Waals surface area (Å²) in [6.45, 7) is 6.27. The van der Waals surface area contributed by atoms with Gasteiger partial charge in [-0.15, -0.1) is 0 Å². The SMILES string of the molecule is CCCCCCCCCCCC(N)c1cc(C)oc1C. The lowest BCUT2D eigenvalue weighted by atomic mass is 10.0. The van der Waals surface area contributed by atoms with Crippen molar-refractivity contribution in [1.29, 1.82) is 0 Å². The molecule has 116 valence electrons. The van der Waals surface area contributed by atoms with Gasteiger partial charge in [-0.1, -0.05) is 64.7 Å². The first-order valence-corrected chi connectivity index (χ1v) is 8.47. The Hall–Kier alpha value is -0.760. The third kappa shape index (κ3) is 6.60. The average Bonchev–Trinajstić information content (AvgIpc) is 2.75. The summed E-state index contributed by atoms with van der Waals surface area (Å²) in [5.74, 6) is 1.96. The largest absolute Gasteiger partial charge is 0.466 e. The van der Waals surface area contributed by atoms with Gasteiger partial charge in [-0.2, -0.15) is 0 Å². The number of hydrogen-bond acceptors (Lipinski definition) is 2. The molecular weight excluding hydrogens is 246 g/mol. The van der Waals surface area contributed by atoms with E-state index in [9.17, 15) is 0 Å². The Kier molecular flexibility index (Phi) is 8.68. The maximum Gasteiger partial charge on any atom is 0.105 e. The maximum absolute atomic E-state index is 6.24. The Bertz CT molecular complexity index is 356. The third-order valence-electron chi connectivity index (χ3n) is 4.10. The molecule has 0 saturated carbocycles. The molecule has 2 heteroatoms. The van der Waals surface area contributed by atoms with Gasteiger partial charge in [0, 0.05) is 11.6 Å². The first-order chi connectivity index (χ1) is 9.65. The Morgan fingerprint density at radius 1 is 0.950 bits per heavy atom. The predicted molar refractivity (Wildman–Crippen MR) is 87.0 cm³/mol. The fourth-order valence-corrected chi connectivity index (χ4v) is 2.85. The molecule has 0 aliphatic heterocycles. The van der Waals surface area contributed by atoms with E-state index in [0.29, 0.717) is 0 Å². The summed E-state index contributed by atoms with van der Waals surface area (Å²) in [6, 6.07) is 2.24. The molecular formula is C18H33NO. The van der Waals surface area contributed by atoms with Crippen LogP contribution in [0.2, 0.25) is 0 Å². The Balaban J connectivity index is 2.02. The number of nitrogens with two attached hydrogens (primary N) is 1. The van der Waals surface area contributed by atoms with Crippen molar-refractivity contribution in [2.45, 2.75) is 91.0 Å². The van der Waals surface area contributed by atoms with E-state index in [1.54, 1.807) is 0 Å². The van der Waals surface area contributed by atoms with E-state index in [-0.39, 0.29) is 6.04 Å². The van der Waals surface area contributed by atoms with Crippen LogP contribution in [0.5, 0.6) is 0 Å². The standard InChI is InChI=1S/C18H33NO/c1-4-5-6-7-8-9-10-11-12-13-18(19)17-14-15(2)20-16(17)3/h14,18H,4-13,19H2,1-3H3. The van der Waals surface area contributed by atoms with Crippen LogP contribution in [-0.2, 0) is 0 Å². The summed E-state index contributed by atoms with van der Waals surface area (Å²) >= 11 is 0. The second kappa shape index (κ2) is 10.0. The highest BCUT2D eigenvalue weighted by Gasteiger charge is 2.12. The Morgan fingerprint density at radius 3 is 2.00 bits per heavy atom. The summed E-state index contributed by atoms with van der Waals surface area (Å²) in [4.78, 5) is 0. The number of unbranched alkanes of at least 4 members (excludes halogenated alkanes) is 8. The molecule has 0 aliphatic rings. The van der Waals surface area contributed by atoms with E-state index in [4.69, 9.17) is 10.2 Å². The van der Waals surface area contributed by atoms with Crippen molar-refractivity contribution >= 4 is 0 Å². The zero-order valence-corrected chi connectivity index (χ0v) is 13.7. The minimum Gasteiger partial charge on any atom is -0.466 e. The predicted octanol–water partition coefficient (Wildman–Crippen LogP) is 5.82. The van der Waals surface area contributed by atoms with Crippen molar-refractivity contribution in [1.82, 2.24) is 0 Å². The van der Waals surface area contributed by atoms with Gasteiger partial charge < -0.3 is 10.2 Å². The minimum atomic E-state index is 0.150. The lowest BCUT2D eigenvalue weighted by molar-refractivity contribution is 0.490. The fraction of sp³-hybridized carbons (Fsp3) is 0.778. The van der Waals surface area contributed by atoms with Gasteiger partial charge >= 0.3 is 0 Å². The maximum atomic E-state index is 6.24. The van der Waals surface area contributed by atoms with Crippen LogP contribution in [0.15, 0.2) is 10.5 Å². The van der Waals surface area contributed by atoms with E-state index in [2.05, 4.69) is 13.0 Å². The van der Waals surface area contributed by atoms with Crippen molar-refractivity contribution in [3.63, 3.8) is 0 Å². The molecule has 2 nitrogen and oxygen atoms in total. The van der Waals surface area contributed by atoms with Crippen molar-refractivity contribution in [3.8, 4) is 0 Å². The van der Waals surface area contributed by atoms with Crippen molar-refractivity contribution in [2.24, 2.45) is 5.73 Å². The minimum absolute atomic E-state index is 0.150. The third-order valence-corrected chi connectivity index (χ3v) is 4.10. The molecule has 0 radical (unpaired) electrons. The highest BCUT2D eigenvalue weighted by atomic mass is 16.3. The molecule has 1 heterocycles. The first kappa shape index (κ1) is 17.3. The number of hydrogen-bond donors (Lipinski definition) is 1. The monoisotopic (exact) mass is 279 g/mol. The Morgan fingerprint density at radius 2 is 1.50 bits per heavy atom. The number of rotatable bonds is 11. The van der Waals surface area contributed by atoms with Crippen LogP contribution < -0.4 is 5.73 Å². The van der Waals surface area contributed by atoms with Gasteiger partial charge in [0.1, 0.15) is 11.5 Å². The van der Waals surface area contributed by atoms with Gasteiger partial charge in [-0.25, -0.2) is 0 Å². The van der Waals surface area contributed by atoms with Gasteiger partial charge in [0.15, 0.2) is 0 Å². The van der Waals surface area contributed by atoms with Crippen LogP contribution in [0.4, 0.5) is 0 Å². The topological polar surface area (TPSA) is 39.2 Å². The van der Waals surface area contributed by atoms with Crippen LogP contribution in [0, 0.1) is 13.8 Å². The summed E-state index contributed by atoms with van der Waals surface area (Å²) in [5.41, 5.74) is 7.44. The molecule has 20 heavy (non-hydrogen) atoms. The molecule has 1 rings (SSSR count). The highest BCUT2D eigenvalue weighted by Crippen LogP contribution is 2.24. The van der Waals surface area contributed by atoms with Crippen LogP contribution in [-0.4, -0.2) is 0 Å². The van der Waals surface area contributed by atoms with Gasteiger partial charge in [-0.3, -0.25) is 0 Å². The first-order valence-electron chi connectivity index (χ1n) is 8.47. The average molecular weight is 279 g/mol. The second-order valence-corrected chi connectivity index (χ2v) is 6.09. The molecule has 0 amide bonds. The van der Waals surface area contributed by atoms with Crippen molar-refractivity contribution in [2.75, 3.05) is 0 Å². The highest BCUT2D eigenvalue weighted by molar-refractivity contribution is 5.23. The lowest BCUT2D eigenvalue weighted by Crippen LogP contribution is -2.10. The molecule has 2 N–H and O–H groups in total. The molecule has 1 unspecified atom stereocenters. The van der Waals surface area contributed by atoms with E-state index in [0.717, 1.165) is 17.9 Å². The zero-order valence-electron chi connectivity index (χ0n) is 13.7. The second-order valence-electron chi connectivity index (χ2n) is 6.09. The Labute approximate surface area is 125 Å². The zero-order chi connectivity index (χ0) is 14.8.